The molecule has 0 saturated heterocycles. The van der Waals surface area contributed by atoms with Crippen LogP contribution in [0.25, 0.3) is 11.1 Å². The van der Waals surface area contributed by atoms with Gasteiger partial charge in [-0.2, -0.15) is 10.5 Å². The van der Waals surface area contributed by atoms with Crippen LogP contribution in [0.2, 0.25) is 10.0 Å². The topological polar surface area (TPSA) is 237 Å². The first kappa shape index (κ1) is 52.1. The van der Waals surface area contributed by atoms with E-state index in [4.69, 9.17) is 42.1 Å². The predicted molar refractivity (Wildman–Crippen MR) is 261 cm³/mol. The number of aryl methyl sites for hydroxylation is 1. The van der Waals surface area contributed by atoms with E-state index in [1.807, 2.05) is 50.2 Å². The molecule has 362 valence electrons. The summed E-state index contributed by atoms with van der Waals surface area (Å²) in [5.41, 5.74) is 8.91. The minimum Gasteiger partial charge on any atom is -0.488 e. The molecule has 0 amide bonds. The Labute approximate surface area is 415 Å². The van der Waals surface area contributed by atoms with Crippen molar-refractivity contribution < 1.29 is 49.0 Å². The highest BCUT2D eigenvalue weighted by Gasteiger charge is 2.22. The fourth-order valence-corrected chi connectivity index (χ4v) is 8.16. The first-order valence-corrected chi connectivity index (χ1v) is 23.0. The average Bonchev–Trinajstić information content (AvgIpc) is 3.35. The summed E-state index contributed by atoms with van der Waals surface area (Å²) in [5.74, 6) is -1.41. The number of hydrogen-bond donors (Lipinski definition) is 5. The van der Waals surface area contributed by atoms with Gasteiger partial charge in [0.05, 0.1) is 27.1 Å². The Morgan fingerprint density at radius 3 is 1.57 bits per heavy atom. The van der Waals surface area contributed by atoms with E-state index in [1.165, 1.54) is 12.4 Å². The van der Waals surface area contributed by atoms with Gasteiger partial charge in [0, 0.05) is 73.4 Å². The number of benzene rings is 4. The highest BCUT2D eigenvalue weighted by atomic mass is 35.5. The smallest absolute Gasteiger partial charge is 0.320 e. The molecule has 6 rings (SSSR count). The molecule has 0 saturated carbocycles. The fraction of sp³-hybridized carbons (Fsp3) is 0.283. The van der Waals surface area contributed by atoms with E-state index < -0.39 is 23.9 Å². The van der Waals surface area contributed by atoms with Gasteiger partial charge in [0.1, 0.15) is 67.6 Å². The number of nitriles is 2. The van der Waals surface area contributed by atoms with Gasteiger partial charge in [0.2, 0.25) is 0 Å². The maximum Gasteiger partial charge on any atom is 0.320 e. The second-order valence-electron chi connectivity index (χ2n) is 16.4. The van der Waals surface area contributed by atoms with Crippen LogP contribution in [0.4, 0.5) is 0 Å². The molecule has 0 aliphatic rings. The van der Waals surface area contributed by atoms with Crippen molar-refractivity contribution in [2.45, 2.75) is 78.5 Å². The zero-order valence-corrected chi connectivity index (χ0v) is 40.0. The molecule has 2 heterocycles. The van der Waals surface area contributed by atoms with Crippen LogP contribution in [0.15, 0.2) is 97.6 Å². The van der Waals surface area contributed by atoms with Gasteiger partial charge >= 0.3 is 11.9 Å². The van der Waals surface area contributed by atoms with Crippen LogP contribution >= 0.6 is 23.2 Å². The van der Waals surface area contributed by atoms with E-state index >= 15 is 0 Å². The standard InChI is InChI=1S/C53H51Cl2N5O10/c1-32-40(30-69-50-19-48(67-28-36-15-34(21-56)23-58-25-36)39(17-45(50)54)10-9-38(11-13-61)52(63)64)5-3-7-43(32)44-8-4-6-41(33(44)2)31-70-51-20-49(68-29-37-16-35(22-57)24-59-26-37)42(18-46(51)55)27-60-47(12-14-62)53(65)66/h3-8,15-20,23-26,38,47,60-62H,9-14,27-31H2,1-2H3,(H,63,64)(H,65,66)/t38-,47-/m0/s1. The maximum atomic E-state index is 11.9. The molecule has 0 aliphatic carbocycles. The number of hydrogen-bond acceptors (Lipinski definition) is 13. The number of nitrogens with one attached hydrogen (secondary N) is 1. The van der Waals surface area contributed by atoms with Gasteiger partial charge in [-0.25, -0.2) is 0 Å². The van der Waals surface area contributed by atoms with Gasteiger partial charge in [0.25, 0.3) is 0 Å². The number of nitrogens with zero attached hydrogens (tertiary/aromatic N) is 4. The fourth-order valence-electron chi connectivity index (χ4n) is 7.68. The minimum absolute atomic E-state index is 0.000901. The summed E-state index contributed by atoms with van der Waals surface area (Å²) in [5, 5.41) is 60.4. The van der Waals surface area contributed by atoms with E-state index in [2.05, 4.69) is 27.4 Å². The molecule has 0 unspecified atom stereocenters. The molecule has 0 bridgehead atoms. The molecular weight excluding hydrogens is 938 g/mol. The molecule has 0 fully saturated rings. The number of pyridine rings is 2. The Kier molecular flexibility index (Phi) is 18.9. The van der Waals surface area contributed by atoms with Gasteiger partial charge in [0.15, 0.2) is 0 Å². The van der Waals surface area contributed by atoms with Crippen molar-refractivity contribution in [1.82, 2.24) is 15.3 Å². The second kappa shape index (κ2) is 25.4. The number of carboxylic acids is 2. The van der Waals surface area contributed by atoms with Crippen LogP contribution in [-0.2, 0) is 49.0 Å². The molecule has 17 heteroatoms. The molecule has 6 aromatic rings. The zero-order chi connectivity index (χ0) is 50.2. The summed E-state index contributed by atoms with van der Waals surface area (Å²) >= 11 is 13.6. The van der Waals surface area contributed by atoms with Crippen LogP contribution in [0, 0.1) is 42.4 Å². The zero-order valence-electron chi connectivity index (χ0n) is 38.5. The maximum absolute atomic E-state index is 11.9. The average molecular weight is 989 g/mol. The number of aliphatic hydroxyl groups is 2. The number of rotatable bonds is 25. The number of carboxylic acid groups (broad SMARTS) is 2. The first-order valence-electron chi connectivity index (χ1n) is 22.2. The highest BCUT2D eigenvalue weighted by Crippen LogP contribution is 2.38. The summed E-state index contributed by atoms with van der Waals surface area (Å²) in [4.78, 5) is 31.9. The Morgan fingerprint density at radius 2 is 1.10 bits per heavy atom. The SMILES string of the molecule is Cc1c(COc2cc(OCc3cncc(C#N)c3)c(CC[C@@H](CCO)C(=O)O)cc2Cl)cccc1-c1cccc(COc2cc(OCc3cncc(C#N)c3)c(CN[C@@H](CCO)C(=O)O)cc2Cl)c1C. The Morgan fingerprint density at radius 1 is 0.614 bits per heavy atom. The number of halogens is 2. The number of ether oxygens (including phenoxy) is 4. The van der Waals surface area contributed by atoms with E-state index in [0.717, 1.165) is 33.4 Å². The van der Waals surface area contributed by atoms with Crippen LogP contribution in [-0.4, -0.2) is 61.6 Å². The Hall–Kier alpha value is -7.24. The molecular formula is C53H51Cl2N5O10. The van der Waals surface area contributed by atoms with Crippen molar-refractivity contribution in [2.24, 2.45) is 5.92 Å². The number of aliphatic carboxylic acids is 2. The summed E-state index contributed by atoms with van der Waals surface area (Å²) in [6, 6.07) is 25.0. The lowest BCUT2D eigenvalue weighted by atomic mass is 9.92. The number of aliphatic hydroxyl groups excluding tert-OH is 2. The van der Waals surface area contributed by atoms with E-state index in [0.29, 0.717) is 67.8 Å². The van der Waals surface area contributed by atoms with Crippen LogP contribution < -0.4 is 24.3 Å². The molecule has 15 nitrogen and oxygen atoms in total. The molecule has 70 heavy (non-hydrogen) atoms. The highest BCUT2D eigenvalue weighted by molar-refractivity contribution is 6.32. The molecule has 0 spiro atoms. The van der Waals surface area contributed by atoms with Gasteiger partial charge < -0.3 is 44.7 Å². The molecule has 2 atom stereocenters. The van der Waals surface area contributed by atoms with Gasteiger partial charge in [-0.1, -0.05) is 59.6 Å². The second-order valence-corrected chi connectivity index (χ2v) is 17.2. The summed E-state index contributed by atoms with van der Waals surface area (Å²) < 4.78 is 25.1. The number of aromatic nitrogens is 2. The third-order valence-electron chi connectivity index (χ3n) is 11.7. The van der Waals surface area contributed by atoms with Crippen LogP contribution in [0.3, 0.4) is 0 Å². The van der Waals surface area contributed by atoms with E-state index in [9.17, 15) is 40.5 Å². The number of carbonyl (C=O) groups is 2. The van der Waals surface area contributed by atoms with Crippen molar-refractivity contribution in [2.75, 3.05) is 13.2 Å². The predicted octanol–water partition coefficient (Wildman–Crippen LogP) is 9.07. The van der Waals surface area contributed by atoms with Crippen molar-refractivity contribution >= 4 is 35.1 Å². The van der Waals surface area contributed by atoms with Gasteiger partial charge in [-0.15, -0.1) is 0 Å². The lowest BCUT2D eigenvalue weighted by Gasteiger charge is -2.19. The minimum atomic E-state index is -1.11. The van der Waals surface area contributed by atoms with Crippen LogP contribution in [0.5, 0.6) is 23.0 Å². The quantitative estimate of drug-likeness (QED) is 0.0360. The van der Waals surface area contributed by atoms with Crippen molar-refractivity contribution in [3.8, 4) is 46.3 Å². The normalized spacial score (nSPS) is 11.8. The summed E-state index contributed by atoms with van der Waals surface area (Å²) in [6.07, 6.45) is 6.74. The molecule has 2 aromatic heterocycles. The third-order valence-corrected chi connectivity index (χ3v) is 12.2. The van der Waals surface area contributed by atoms with E-state index in [-0.39, 0.29) is 70.5 Å². The lowest BCUT2D eigenvalue weighted by molar-refractivity contribution is -0.142. The summed E-state index contributed by atoms with van der Waals surface area (Å²) in [7, 11) is 0. The van der Waals surface area contributed by atoms with Crippen LogP contribution in [0.1, 0.15) is 74.9 Å². The molecule has 4 aromatic carbocycles. The first-order chi connectivity index (χ1) is 33.8. The van der Waals surface area contributed by atoms with Gasteiger partial charge in [-0.3, -0.25) is 19.6 Å². The largest absolute Gasteiger partial charge is 0.488 e. The van der Waals surface area contributed by atoms with Crippen molar-refractivity contribution in [3.63, 3.8) is 0 Å². The Bertz CT molecular complexity index is 2710. The molecule has 5 N–H and O–H groups in total. The lowest BCUT2D eigenvalue weighted by Crippen LogP contribution is -2.37. The van der Waals surface area contributed by atoms with Crippen molar-refractivity contribution in [3.05, 3.63) is 163 Å². The van der Waals surface area contributed by atoms with Gasteiger partial charge in [-0.05, 0) is 103 Å². The van der Waals surface area contributed by atoms with E-state index in [1.54, 1.807) is 48.8 Å². The Balaban J connectivity index is 1.21. The molecule has 0 aliphatic heterocycles. The summed E-state index contributed by atoms with van der Waals surface area (Å²) in [6.45, 7) is 3.93. The van der Waals surface area contributed by atoms with Crippen molar-refractivity contribution in [1.29, 1.82) is 10.5 Å². The third kappa shape index (κ3) is 13.9. The monoisotopic (exact) mass is 987 g/mol. The molecule has 0 radical (unpaired) electrons.